The zero-order valence-corrected chi connectivity index (χ0v) is 22.3. The number of rotatable bonds is 8. The van der Waals surface area contributed by atoms with E-state index in [0.717, 1.165) is 54.5 Å². The van der Waals surface area contributed by atoms with Crippen LogP contribution in [0.1, 0.15) is 35.2 Å². The summed E-state index contributed by atoms with van der Waals surface area (Å²) in [5.41, 5.74) is 0.529. The van der Waals surface area contributed by atoms with Gasteiger partial charge in [0.1, 0.15) is 5.75 Å². The number of halogens is 6. The average Bonchev–Trinajstić information content (AvgIpc) is 3.37. The van der Waals surface area contributed by atoms with Crippen LogP contribution in [0, 0.1) is 11.3 Å². The first kappa shape index (κ1) is 29.2. The third-order valence-electron chi connectivity index (χ3n) is 7.19. The molecule has 4 aromatic rings. The molecule has 13 heteroatoms. The molecule has 7 nitrogen and oxygen atoms in total. The molecule has 3 heterocycles. The van der Waals surface area contributed by atoms with E-state index in [1.807, 2.05) is 18.3 Å². The molecule has 0 atom stereocenters. The van der Waals surface area contributed by atoms with Crippen LogP contribution in [0.4, 0.5) is 32.0 Å². The van der Waals surface area contributed by atoms with Gasteiger partial charge in [-0.3, -0.25) is 4.90 Å². The fraction of sp³-hybridized carbons (Fsp3) is 0.345. The number of aromatic amines is 1. The van der Waals surface area contributed by atoms with Crippen LogP contribution in [0.3, 0.4) is 0 Å². The summed E-state index contributed by atoms with van der Waals surface area (Å²) in [4.78, 5) is 13.9. The van der Waals surface area contributed by atoms with Gasteiger partial charge in [-0.1, -0.05) is 0 Å². The first-order valence-electron chi connectivity index (χ1n) is 13.3. The number of piperazine rings is 1. The van der Waals surface area contributed by atoms with Gasteiger partial charge in [0.05, 0.1) is 17.2 Å². The normalized spacial score (nSPS) is 14.7. The number of hydrogen-bond acceptors (Lipinski definition) is 6. The molecule has 1 N–H and O–H groups in total. The number of nitriles is 1. The molecule has 2 aromatic carbocycles. The van der Waals surface area contributed by atoms with Gasteiger partial charge < -0.3 is 14.6 Å². The highest BCUT2D eigenvalue weighted by Gasteiger charge is 2.37. The summed E-state index contributed by atoms with van der Waals surface area (Å²) < 4.78 is 85.9. The summed E-state index contributed by atoms with van der Waals surface area (Å²) in [5, 5.41) is 10.2. The number of alkyl halides is 6. The number of aryl methyl sites for hydroxylation is 1. The van der Waals surface area contributed by atoms with E-state index >= 15 is 0 Å². The molecule has 0 unspecified atom stereocenters. The number of anilines is 1. The molecule has 0 saturated carbocycles. The van der Waals surface area contributed by atoms with Gasteiger partial charge >= 0.3 is 18.4 Å². The van der Waals surface area contributed by atoms with Crippen LogP contribution >= 0.6 is 0 Å². The van der Waals surface area contributed by atoms with E-state index in [0.29, 0.717) is 37.8 Å². The van der Waals surface area contributed by atoms with Crippen LogP contribution in [0.2, 0.25) is 0 Å². The van der Waals surface area contributed by atoms with E-state index in [-0.39, 0.29) is 11.4 Å². The third kappa shape index (κ3) is 6.76. The molecule has 42 heavy (non-hydrogen) atoms. The molecule has 1 aliphatic heterocycles. The summed E-state index contributed by atoms with van der Waals surface area (Å²) in [5.74, 6) is -0.317. The second-order valence-electron chi connectivity index (χ2n) is 9.97. The molecule has 1 fully saturated rings. The van der Waals surface area contributed by atoms with E-state index in [9.17, 15) is 26.3 Å². The summed E-state index contributed by atoms with van der Waals surface area (Å²) in [6.45, 7) is 2.77. The maximum atomic E-state index is 14.0. The fourth-order valence-electron chi connectivity index (χ4n) is 5.05. The average molecular weight is 589 g/mol. The molecule has 220 valence electrons. The molecule has 5 rings (SSSR count). The lowest BCUT2D eigenvalue weighted by Crippen LogP contribution is -2.47. The Bertz CT molecular complexity index is 1580. The van der Waals surface area contributed by atoms with Gasteiger partial charge in [-0.15, -0.1) is 0 Å². The van der Waals surface area contributed by atoms with Crippen molar-refractivity contribution in [2.24, 2.45) is 0 Å². The summed E-state index contributed by atoms with van der Waals surface area (Å²) in [6, 6.07) is 11.0. The number of aromatic nitrogens is 3. The number of fused-ring (bicyclic) bond motifs is 1. The van der Waals surface area contributed by atoms with Gasteiger partial charge in [-0.2, -0.15) is 36.6 Å². The SMILES string of the molecule is N#Cc1ccc2[nH]cc(CCCCN3CCN(c4ccc(Oc5nccc(C(F)(F)F)n5)cc4C(F)(F)F)CC3)c2c1. The Morgan fingerprint density at radius 1 is 0.929 bits per heavy atom. The van der Waals surface area contributed by atoms with Crippen molar-refractivity contribution in [3.8, 4) is 17.8 Å². The molecule has 2 aromatic heterocycles. The van der Waals surface area contributed by atoms with Crippen LogP contribution in [-0.4, -0.2) is 52.6 Å². The summed E-state index contributed by atoms with van der Waals surface area (Å²) in [7, 11) is 0. The number of nitrogens with one attached hydrogen (secondary N) is 1. The number of hydrogen-bond donors (Lipinski definition) is 1. The van der Waals surface area contributed by atoms with Crippen LogP contribution in [0.25, 0.3) is 10.9 Å². The number of H-pyrrole nitrogens is 1. The molecule has 0 radical (unpaired) electrons. The van der Waals surface area contributed by atoms with Crippen molar-refractivity contribution in [3.63, 3.8) is 0 Å². The Labute approximate surface area is 237 Å². The predicted octanol–water partition coefficient (Wildman–Crippen LogP) is 6.80. The third-order valence-corrected chi connectivity index (χ3v) is 7.19. The Kier molecular flexibility index (Phi) is 8.27. The molecule has 1 saturated heterocycles. The van der Waals surface area contributed by atoms with E-state index in [1.165, 1.54) is 12.1 Å². The Morgan fingerprint density at radius 2 is 1.71 bits per heavy atom. The van der Waals surface area contributed by atoms with Gasteiger partial charge in [-0.25, -0.2) is 4.98 Å². The second-order valence-corrected chi connectivity index (χ2v) is 9.97. The van der Waals surface area contributed by atoms with Crippen molar-refractivity contribution in [2.75, 3.05) is 37.6 Å². The maximum Gasteiger partial charge on any atom is 0.433 e. The number of benzene rings is 2. The molecule has 1 aliphatic rings. The minimum absolute atomic E-state index is 0.0180. The highest BCUT2D eigenvalue weighted by Crippen LogP contribution is 2.40. The van der Waals surface area contributed by atoms with Gasteiger partial charge in [0.2, 0.25) is 0 Å². The largest absolute Gasteiger partial charge is 0.433 e. The topological polar surface area (TPSA) is 81.1 Å². The molecular weight excluding hydrogens is 562 g/mol. The van der Waals surface area contributed by atoms with E-state index in [4.69, 9.17) is 10.00 Å². The minimum Gasteiger partial charge on any atom is -0.424 e. The molecule has 0 bridgehead atoms. The molecule has 0 amide bonds. The van der Waals surface area contributed by atoms with Crippen LogP contribution < -0.4 is 9.64 Å². The maximum absolute atomic E-state index is 14.0. The van der Waals surface area contributed by atoms with Crippen molar-refractivity contribution in [3.05, 3.63) is 77.2 Å². The molecule has 0 aliphatic carbocycles. The van der Waals surface area contributed by atoms with E-state index in [2.05, 4.69) is 25.9 Å². The number of nitrogens with zero attached hydrogens (tertiary/aromatic N) is 5. The zero-order chi connectivity index (χ0) is 29.9. The van der Waals surface area contributed by atoms with Gasteiger partial charge in [0, 0.05) is 55.2 Å². The van der Waals surface area contributed by atoms with Crippen LogP contribution in [-0.2, 0) is 18.8 Å². The van der Waals surface area contributed by atoms with Crippen molar-refractivity contribution in [2.45, 2.75) is 31.6 Å². The Balaban J connectivity index is 1.17. The van der Waals surface area contributed by atoms with Crippen molar-refractivity contribution in [1.82, 2.24) is 19.9 Å². The molecular formula is C29H26F6N6O. The van der Waals surface area contributed by atoms with Crippen LogP contribution in [0.5, 0.6) is 11.8 Å². The summed E-state index contributed by atoms with van der Waals surface area (Å²) >= 11 is 0. The highest BCUT2D eigenvalue weighted by atomic mass is 19.4. The molecule has 0 spiro atoms. The zero-order valence-electron chi connectivity index (χ0n) is 22.3. The number of ether oxygens (including phenoxy) is 1. The van der Waals surface area contributed by atoms with Crippen LogP contribution in [0.15, 0.2) is 54.9 Å². The lowest BCUT2D eigenvalue weighted by Gasteiger charge is -2.37. The van der Waals surface area contributed by atoms with Gasteiger partial charge in [0.15, 0.2) is 5.69 Å². The number of unbranched alkanes of at least 4 members (excludes halogenated alkanes) is 1. The highest BCUT2D eigenvalue weighted by molar-refractivity contribution is 5.84. The van der Waals surface area contributed by atoms with Gasteiger partial charge in [0.25, 0.3) is 0 Å². The van der Waals surface area contributed by atoms with E-state index in [1.54, 1.807) is 11.0 Å². The Morgan fingerprint density at radius 3 is 2.43 bits per heavy atom. The van der Waals surface area contributed by atoms with E-state index < -0.39 is 29.6 Å². The predicted molar refractivity (Wildman–Crippen MR) is 143 cm³/mol. The van der Waals surface area contributed by atoms with Crippen molar-refractivity contribution < 1.29 is 31.1 Å². The quantitative estimate of drug-likeness (QED) is 0.180. The van der Waals surface area contributed by atoms with Crippen molar-refractivity contribution >= 4 is 16.6 Å². The lowest BCUT2D eigenvalue weighted by atomic mass is 10.0. The second kappa shape index (κ2) is 11.9. The lowest BCUT2D eigenvalue weighted by molar-refractivity contribution is -0.141. The summed E-state index contributed by atoms with van der Waals surface area (Å²) in [6.07, 6.45) is -3.96. The smallest absolute Gasteiger partial charge is 0.424 e. The van der Waals surface area contributed by atoms with Crippen molar-refractivity contribution in [1.29, 1.82) is 5.26 Å². The van der Waals surface area contributed by atoms with Gasteiger partial charge in [-0.05, 0) is 73.8 Å². The monoisotopic (exact) mass is 588 g/mol. The first-order chi connectivity index (χ1) is 20.0. The minimum atomic E-state index is -4.75. The fourth-order valence-corrected chi connectivity index (χ4v) is 5.05. The standard InChI is InChI=1S/C29H26F6N6O/c30-28(31,32)23-16-21(42-27-37-9-8-26(39-27)29(33,34)35)5-7-25(23)41-13-11-40(12-14-41)10-2-1-3-20-18-38-24-6-4-19(17-36)15-22(20)24/h4-9,15-16,18,38H,1-3,10-14H2. The first-order valence-corrected chi connectivity index (χ1v) is 13.3. The Hall–Kier alpha value is -4.31.